The zero-order valence-corrected chi connectivity index (χ0v) is 23.1. The Bertz CT molecular complexity index is 771. The van der Waals surface area contributed by atoms with Gasteiger partial charge < -0.3 is 9.84 Å². The second-order valence-corrected chi connectivity index (χ2v) is 13.6. The highest BCUT2D eigenvalue weighted by Crippen LogP contribution is 2.67. The molecule has 0 aromatic rings. The van der Waals surface area contributed by atoms with E-state index in [0.29, 0.717) is 28.6 Å². The standard InChI is InChI=1S/C31H52O3/c1-8-24(19(2)3)29(33)17-20(4)26-11-12-27-25-10-9-22-18-23(34-21(5)32)13-15-30(22,6)28(25)14-16-31(26,27)7/h9,19-20,23-29,33H,8,10-18H2,1-7H3/t20?,23-,24?,25-,26+,27-,28-,29?,30-,31+/m0/s1. The van der Waals surface area contributed by atoms with E-state index >= 15 is 0 Å². The molecule has 34 heavy (non-hydrogen) atoms. The number of aliphatic hydroxyl groups is 1. The molecule has 3 saturated carbocycles. The number of esters is 1. The lowest BCUT2D eigenvalue weighted by Crippen LogP contribution is -2.51. The van der Waals surface area contributed by atoms with Gasteiger partial charge in [-0.3, -0.25) is 4.79 Å². The van der Waals surface area contributed by atoms with Gasteiger partial charge in [-0.1, -0.05) is 59.6 Å². The third-order valence-corrected chi connectivity index (χ3v) is 11.6. The summed E-state index contributed by atoms with van der Waals surface area (Å²) >= 11 is 0. The highest BCUT2D eigenvalue weighted by atomic mass is 16.5. The van der Waals surface area contributed by atoms with E-state index in [1.807, 2.05) is 0 Å². The van der Waals surface area contributed by atoms with Crippen LogP contribution in [-0.4, -0.2) is 23.3 Å². The summed E-state index contributed by atoms with van der Waals surface area (Å²) in [4.78, 5) is 11.5. The fraction of sp³-hybridized carbons (Fsp3) is 0.903. The van der Waals surface area contributed by atoms with Gasteiger partial charge in [-0.2, -0.15) is 0 Å². The van der Waals surface area contributed by atoms with Gasteiger partial charge in [0.25, 0.3) is 0 Å². The molecule has 0 saturated heterocycles. The van der Waals surface area contributed by atoms with Gasteiger partial charge in [-0.15, -0.1) is 0 Å². The molecule has 0 radical (unpaired) electrons. The minimum atomic E-state index is -0.162. The molecule has 4 rings (SSSR count). The van der Waals surface area contributed by atoms with E-state index in [0.717, 1.165) is 49.4 Å². The minimum Gasteiger partial charge on any atom is -0.462 e. The molecule has 0 heterocycles. The number of rotatable bonds is 7. The Balaban J connectivity index is 1.47. The van der Waals surface area contributed by atoms with Crippen LogP contribution in [0.5, 0.6) is 0 Å². The molecule has 194 valence electrons. The molecular weight excluding hydrogens is 420 g/mol. The van der Waals surface area contributed by atoms with E-state index in [2.05, 4.69) is 47.6 Å². The van der Waals surface area contributed by atoms with Crippen LogP contribution < -0.4 is 0 Å². The van der Waals surface area contributed by atoms with Crippen molar-refractivity contribution >= 4 is 5.97 Å². The highest BCUT2D eigenvalue weighted by molar-refractivity contribution is 5.66. The molecule has 4 aliphatic rings. The van der Waals surface area contributed by atoms with E-state index in [1.54, 1.807) is 12.5 Å². The van der Waals surface area contributed by atoms with Crippen LogP contribution in [0, 0.1) is 52.3 Å². The molecular formula is C31H52O3. The van der Waals surface area contributed by atoms with E-state index in [4.69, 9.17) is 4.74 Å². The van der Waals surface area contributed by atoms with Gasteiger partial charge in [0, 0.05) is 13.3 Å². The van der Waals surface area contributed by atoms with E-state index in [9.17, 15) is 9.90 Å². The summed E-state index contributed by atoms with van der Waals surface area (Å²) in [6, 6.07) is 0. The lowest BCUT2D eigenvalue weighted by atomic mass is 9.47. The summed E-state index contributed by atoms with van der Waals surface area (Å²) in [6.45, 7) is 15.9. The van der Waals surface area contributed by atoms with Gasteiger partial charge in [-0.25, -0.2) is 0 Å². The molecule has 10 atom stereocenters. The first-order valence-electron chi connectivity index (χ1n) is 14.6. The molecule has 0 amide bonds. The molecule has 0 aliphatic heterocycles. The van der Waals surface area contributed by atoms with Crippen LogP contribution in [-0.2, 0) is 9.53 Å². The summed E-state index contributed by atoms with van der Waals surface area (Å²) in [6.07, 6.45) is 14.3. The molecule has 3 heteroatoms. The average Bonchev–Trinajstić information content (AvgIpc) is 3.11. The van der Waals surface area contributed by atoms with Crippen LogP contribution in [0.2, 0.25) is 0 Å². The fourth-order valence-electron chi connectivity index (χ4n) is 9.85. The normalized spacial score (nSPS) is 42.1. The lowest BCUT2D eigenvalue weighted by molar-refractivity contribution is -0.148. The molecule has 0 aromatic carbocycles. The predicted octanol–water partition coefficient (Wildman–Crippen LogP) is 7.57. The minimum absolute atomic E-state index is 0.0863. The fourth-order valence-corrected chi connectivity index (χ4v) is 9.85. The Kier molecular flexibility index (Phi) is 7.65. The Labute approximate surface area is 209 Å². The molecule has 4 aliphatic carbocycles. The maximum absolute atomic E-state index is 11.5. The average molecular weight is 473 g/mol. The van der Waals surface area contributed by atoms with E-state index < -0.39 is 0 Å². The van der Waals surface area contributed by atoms with Crippen molar-refractivity contribution in [2.75, 3.05) is 0 Å². The van der Waals surface area contributed by atoms with Gasteiger partial charge in [0.1, 0.15) is 6.10 Å². The molecule has 1 N–H and O–H groups in total. The number of hydrogen-bond donors (Lipinski definition) is 1. The first kappa shape index (κ1) is 26.2. The number of ether oxygens (including phenoxy) is 1. The Hall–Kier alpha value is -0.830. The van der Waals surface area contributed by atoms with Crippen molar-refractivity contribution in [3.05, 3.63) is 11.6 Å². The quantitative estimate of drug-likeness (QED) is 0.307. The van der Waals surface area contributed by atoms with Crippen molar-refractivity contribution in [3.63, 3.8) is 0 Å². The summed E-state index contributed by atoms with van der Waals surface area (Å²) in [5.74, 6) is 4.60. The summed E-state index contributed by atoms with van der Waals surface area (Å²) in [5, 5.41) is 11.1. The largest absolute Gasteiger partial charge is 0.462 e. The van der Waals surface area contributed by atoms with Crippen molar-refractivity contribution in [1.29, 1.82) is 0 Å². The lowest BCUT2D eigenvalue weighted by Gasteiger charge is -2.58. The van der Waals surface area contributed by atoms with Crippen LogP contribution in [0.25, 0.3) is 0 Å². The van der Waals surface area contributed by atoms with Crippen LogP contribution >= 0.6 is 0 Å². The maximum Gasteiger partial charge on any atom is 0.302 e. The number of hydrogen-bond acceptors (Lipinski definition) is 3. The van der Waals surface area contributed by atoms with E-state index in [1.165, 1.54) is 38.5 Å². The van der Waals surface area contributed by atoms with Gasteiger partial charge in [-0.05, 0) is 104 Å². The number of fused-ring (bicyclic) bond motifs is 5. The van der Waals surface area contributed by atoms with Crippen LogP contribution in [0.15, 0.2) is 11.6 Å². The van der Waals surface area contributed by atoms with Gasteiger partial charge >= 0.3 is 5.97 Å². The molecule has 0 bridgehead atoms. The zero-order chi connectivity index (χ0) is 24.8. The van der Waals surface area contributed by atoms with Gasteiger partial charge in [0.05, 0.1) is 6.10 Å². The van der Waals surface area contributed by atoms with Crippen molar-refractivity contribution in [2.24, 2.45) is 52.3 Å². The Morgan fingerprint density at radius 1 is 1.12 bits per heavy atom. The second-order valence-electron chi connectivity index (χ2n) is 13.6. The molecule has 0 aromatic heterocycles. The molecule has 3 nitrogen and oxygen atoms in total. The van der Waals surface area contributed by atoms with Crippen molar-refractivity contribution in [3.8, 4) is 0 Å². The SMILES string of the molecule is CCC(C(C)C)C(O)CC(C)[C@H]1CC[C@H]2[C@@H]3CC=C4C[C@@H](OC(C)=O)CC[C@]4(C)[C@H]3CC[C@]12C. The third-order valence-electron chi connectivity index (χ3n) is 11.6. The van der Waals surface area contributed by atoms with E-state index in [-0.39, 0.29) is 18.2 Å². The van der Waals surface area contributed by atoms with Gasteiger partial charge in [0.2, 0.25) is 0 Å². The number of carbonyl (C=O) groups excluding carboxylic acids is 1. The Morgan fingerprint density at radius 3 is 2.50 bits per heavy atom. The molecule has 0 spiro atoms. The third kappa shape index (κ3) is 4.53. The summed E-state index contributed by atoms with van der Waals surface area (Å²) in [5.41, 5.74) is 2.31. The van der Waals surface area contributed by atoms with Crippen LogP contribution in [0.1, 0.15) is 113 Å². The van der Waals surface area contributed by atoms with Crippen LogP contribution in [0.3, 0.4) is 0 Å². The maximum atomic E-state index is 11.5. The smallest absolute Gasteiger partial charge is 0.302 e. The van der Waals surface area contributed by atoms with Crippen molar-refractivity contribution in [2.45, 2.75) is 125 Å². The highest BCUT2D eigenvalue weighted by Gasteiger charge is 2.59. The first-order chi connectivity index (χ1) is 16.0. The Morgan fingerprint density at radius 2 is 1.85 bits per heavy atom. The monoisotopic (exact) mass is 472 g/mol. The number of aliphatic hydroxyl groups excluding tert-OH is 1. The topological polar surface area (TPSA) is 46.5 Å². The van der Waals surface area contributed by atoms with Crippen molar-refractivity contribution < 1.29 is 14.6 Å². The number of carbonyl (C=O) groups is 1. The van der Waals surface area contributed by atoms with Crippen LogP contribution in [0.4, 0.5) is 0 Å². The zero-order valence-electron chi connectivity index (χ0n) is 23.1. The second kappa shape index (κ2) is 9.91. The van der Waals surface area contributed by atoms with Crippen molar-refractivity contribution in [1.82, 2.24) is 0 Å². The predicted molar refractivity (Wildman–Crippen MR) is 139 cm³/mol. The summed E-state index contributed by atoms with van der Waals surface area (Å²) in [7, 11) is 0. The first-order valence-corrected chi connectivity index (χ1v) is 14.6. The molecule has 3 unspecified atom stereocenters. The van der Waals surface area contributed by atoms with Gasteiger partial charge in [0.15, 0.2) is 0 Å². The summed E-state index contributed by atoms with van der Waals surface area (Å²) < 4.78 is 5.62. The molecule has 3 fully saturated rings. The number of allylic oxidation sites excluding steroid dienone is 1.